The Labute approximate surface area is 187 Å². The lowest BCUT2D eigenvalue weighted by molar-refractivity contribution is -0.122. The largest absolute Gasteiger partial charge is 0.457 e. The van der Waals surface area contributed by atoms with Crippen molar-refractivity contribution in [3.05, 3.63) is 89.5 Å². The Morgan fingerprint density at radius 3 is 2.16 bits per heavy atom. The van der Waals surface area contributed by atoms with Crippen LogP contribution < -0.4 is 15.4 Å². The fourth-order valence-corrected chi connectivity index (χ4v) is 4.67. The van der Waals surface area contributed by atoms with Crippen molar-refractivity contribution >= 4 is 17.5 Å². The second-order valence-corrected chi connectivity index (χ2v) is 8.50. The molecule has 0 bridgehead atoms. The number of para-hydroxylation sites is 2. The van der Waals surface area contributed by atoms with Gasteiger partial charge in [-0.15, -0.1) is 0 Å². The van der Waals surface area contributed by atoms with Crippen molar-refractivity contribution in [2.75, 3.05) is 5.32 Å². The number of anilines is 1. The highest BCUT2D eigenvalue weighted by Gasteiger charge is 2.32. The van der Waals surface area contributed by atoms with Gasteiger partial charge in [0.1, 0.15) is 11.5 Å². The van der Waals surface area contributed by atoms with Crippen LogP contribution in [0.3, 0.4) is 0 Å². The van der Waals surface area contributed by atoms with Gasteiger partial charge in [-0.2, -0.15) is 0 Å². The number of benzene rings is 3. The number of nitrogens with one attached hydrogen (secondary N) is 2. The molecule has 0 radical (unpaired) electrons. The Morgan fingerprint density at radius 1 is 0.812 bits per heavy atom. The fraction of sp³-hybridized carbons (Fsp3) is 0.259. The van der Waals surface area contributed by atoms with E-state index in [1.807, 2.05) is 72.8 Å². The van der Waals surface area contributed by atoms with Crippen LogP contribution in [0.25, 0.3) is 0 Å². The highest BCUT2D eigenvalue weighted by Crippen LogP contribution is 2.43. The molecule has 0 saturated heterocycles. The normalized spacial score (nSPS) is 15.4. The Hall–Kier alpha value is -3.60. The maximum Gasteiger partial charge on any atom is 0.232 e. The Kier molecular flexibility index (Phi) is 5.63. The van der Waals surface area contributed by atoms with Gasteiger partial charge in [-0.3, -0.25) is 9.59 Å². The summed E-state index contributed by atoms with van der Waals surface area (Å²) < 4.78 is 6.00. The first-order valence-electron chi connectivity index (χ1n) is 11.2. The monoisotopic (exact) mass is 426 g/mol. The third-order valence-electron chi connectivity index (χ3n) is 6.33. The van der Waals surface area contributed by atoms with E-state index in [2.05, 4.69) is 10.6 Å². The van der Waals surface area contributed by atoms with Gasteiger partial charge in [0, 0.05) is 29.3 Å². The molecule has 2 aliphatic rings. The van der Waals surface area contributed by atoms with Crippen molar-refractivity contribution in [2.45, 2.75) is 38.1 Å². The second kappa shape index (κ2) is 8.87. The molecule has 3 aromatic rings. The van der Waals surface area contributed by atoms with E-state index in [9.17, 15) is 9.59 Å². The lowest BCUT2D eigenvalue weighted by Crippen LogP contribution is -2.31. The van der Waals surface area contributed by atoms with Gasteiger partial charge in [-0.05, 0) is 42.7 Å². The topological polar surface area (TPSA) is 67.4 Å². The Balaban J connectivity index is 1.30. The summed E-state index contributed by atoms with van der Waals surface area (Å²) in [5.41, 5.74) is 3.44. The predicted molar refractivity (Wildman–Crippen MR) is 124 cm³/mol. The molecule has 1 heterocycles. The summed E-state index contributed by atoms with van der Waals surface area (Å²) in [6, 6.07) is 23.0. The molecule has 32 heavy (non-hydrogen) atoms. The number of hydrogen-bond donors (Lipinski definition) is 2. The molecular weight excluding hydrogens is 400 g/mol. The van der Waals surface area contributed by atoms with Crippen LogP contribution in [0.4, 0.5) is 5.69 Å². The Morgan fingerprint density at radius 2 is 1.47 bits per heavy atom. The summed E-state index contributed by atoms with van der Waals surface area (Å²) in [4.78, 5) is 25.7. The lowest BCUT2D eigenvalue weighted by atomic mass is 9.87. The van der Waals surface area contributed by atoms with Crippen molar-refractivity contribution in [2.24, 2.45) is 5.92 Å². The van der Waals surface area contributed by atoms with Crippen molar-refractivity contribution in [3.8, 4) is 11.5 Å². The van der Waals surface area contributed by atoms with E-state index in [0.29, 0.717) is 18.0 Å². The van der Waals surface area contributed by atoms with Crippen LogP contribution in [0.15, 0.2) is 72.8 Å². The van der Waals surface area contributed by atoms with Crippen molar-refractivity contribution in [3.63, 3.8) is 0 Å². The molecule has 1 saturated carbocycles. The fourth-order valence-electron chi connectivity index (χ4n) is 4.67. The van der Waals surface area contributed by atoms with Gasteiger partial charge in [-0.1, -0.05) is 61.4 Å². The molecule has 5 nitrogen and oxygen atoms in total. The van der Waals surface area contributed by atoms with Crippen LogP contribution in [0.5, 0.6) is 11.5 Å². The van der Waals surface area contributed by atoms with Gasteiger partial charge < -0.3 is 15.4 Å². The van der Waals surface area contributed by atoms with E-state index in [-0.39, 0.29) is 17.7 Å². The van der Waals surface area contributed by atoms with Gasteiger partial charge in [0.05, 0.1) is 5.92 Å². The summed E-state index contributed by atoms with van der Waals surface area (Å²) in [5, 5.41) is 6.11. The van der Waals surface area contributed by atoms with E-state index in [1.54, 1.807) is 0 Å². The van der Waals surface area contributed by atoms with Crippen LogP contribution in [-0.2, 0) is 16.1 Å². The van der Waals surface area contributed by atoms with Crippen LogP contribution >= 0.6 is 0 Å². The predicted octanol–water partition coefficient (Wildman–Crippen LogP) is 5.37. The molecule has 0 spiro atoms. The smallest absolute Gasteiger partial charge is 0.232 e. The molecule has 5 rings (SSSR count). The first kappa shape index (κ1) is 20.3. The molecule has 0 atom stereocenters. The molecule has 5 heteroatoms. The van der Waals surface area contributed by atoms with E-state index in [0.717, 1.165) is 48.1 Å². The lowest BCUT2D eigenvalue weighted by Gasteiger charge is -2.27. The summed E-state index contributed by atoms with van der Waals surface area (Å²) in [6.07, 6.45) is 4.19. The van der Waals surface area contributed by atoms with Gasteiger partial charge in [0.15, 0.2) is 0 Å². The van der Waals surface area contributed by atoms with Crippen molar-refractivity contribution < 1.29 is 14.3 Å². The molecule has 162 valence electrons. The average molecular weight is 427 g/mol. The van der Waals surface area contributed by atoms with E-state index >= 15 is 0 Å². The number of carbonyl (C=O) groups is 2. The van der Waals surface area contributed by atoms with Crippen LogP contribution in [0, 0.1) is 5.92 Å². The third-order valence-corrected chi connectivity index (χ3v) is 6.33. The summed E-state index contributed by atoms with van der Waals surface area (Å²) in [7, 11) is 0. The number of rotatable bonds is 5. The molecule has 2 N–H and O–H groups in total. The first-order valence-corrected chi connectivity index (χ1v) is 11.2. The van der Waals surface area contributed by atoms with E-state index in [4.69, 9.17) is 4.74 Å². The summed E-state index contributed by atoms with van der Waals surface area (Å²) >= 11 is 0. The number of ether oxygens (including phenoxy) is 1. The molecule has 0 aromatic heterocycles. The van der Waals surface area contributed by atoms with Crippen LogP contribution in [0.2, 0.25) is 0 Å². The molecule has 1 fully saturated rings. The molecule has 0 unspecified atom stereocenters. The quantitative estimate of drug-likeness (QED) is 0.576. The van der Waals surface area contributed by atoms with E-state index in [1.165, 1.54) is 0 Å². The zero-order valence-electron chi connectivity index (χ0n) is 17.8. The molecule has 1 aliphatic heterocycles. The van der Waals surface area contributed by atoms with Gasteiger partial charge in [0.25, 0.3) is 0 Å². The minimum Gasteiger partial charge on any atom is -0.457 e. The third kappa shape index (κ3) is 4.11. The standard InChI is InChI=1S/C27H26N2O3/c30-26(19-9-1-2-10-19)29-20-11-7-8-18(16-20)17-28-27(31)25-21-12-3-5-14-23(21)32-24-15-6-4-13-22(24)25/h3-8,11-16,19,25H,1-2,9-10,17H2,(H,28,31)(H,29,30). The second-order valence-electron chi connectivity index (χ2n) is 8.50. The first-order chi connectivity index (χ1) is 15.7. The Bertz CT molecular complexity index is 1110. The number of hydrogen-bond acceptors (Lipinski definition) is 3. The van der Waals surface area contributed by atoms with Gasteiger partial charge in [-0.25, -0.2) is 0 Å². The van der Waals surface area contributed by atoms with Crippen molar-refractivity contribution in [1.82, 2.24) is 5.32 Å². The minimum absolute atomic E-state index is 0.0754. The number of amides is 2. The van der Waals surface area contributed by atoms with Gasteiger partial charge >= 0.3 is 0 Å². The average Bonchev–Trinajstić information content (AvgIpc) is 3.36. The number of carbonyl (C=O) groups excluding carboxylic acids is 2. The van der Waals surface area contributed by atoms with Crippen LogP contribution in [0.1, 0.15) is 48.3 Å². The summed E-state index contributed by atoms with van der Waals surface area (Å²) in [6.45, 7) is 0.383. The maximum atomic E-state index is 13.3. The maximum absolute atomic E-state index is 13.3. The highest BCUT2D eigenvalue weighted by atomic mass is 16.5. The minimum atomic E-state index is -0.429. The van der Waals surface area contributed by atoms with E-state index < -0.39 is 5.92 Å². The molecule has 2 amide bonds. The van der Waals surface area contributed by atoms with Crippen molar-refractivity contribution in [1.29, 1.82) is 0 Å². The molecule has 1 aliphatic carbocycles. The van der Waals surface area contributed by atoms with Crippen LogP contribution in [-0.4, -0.2) is 11.8 Å². The molecular formula is C27H26N2O3. The SMILES string of the molecule is O=C(Nc1cccc(CNC(=O)C2c3ccccc3Oc3ccccc32)c1)C1CCCC1. The number of fused-ring (bicyclic) bond motifs is 2. The highest BCUT2D eigenvalue weighted by molar-refractivity contribution is 5.93. The zero-order chi connectivity index (χ0) is 21.9. The zero-order valence-corrected chi connectivity index (χ0v) is 17.8. The summed E-state index contributed by atoms with van der Waals surface area (Å²) in [5.74, 6) is 1.13. The van der Waals surface area contributed by atoms with Gasteiger partial charge in [0.2, 0.25) is 11.8 Å². The molecule has 3 aromatic carbocycles.